The normalized spacial score (nSPS) is 11.9. The molecule has 4 nitrogen and oxygen atoms in total. The SMILES string of the molecule is CCOC(=O)CN(CC)CCCCC(C)(C)CN. The van der Waals surface area contributed by atoms with Gasteiger partial charge in [-0.3, -0.25) is 9.69 Å². The molecule has 0 aliphatic rings. The van der Waals surface area contributed by atoms with E-state index in [1.54, 1.807) is 0 Å². The van der Waals surface area contributed by atoms with Crippen LogP contribution in [-0.4, -0.2) is 43.7 Å². The van der Waals surface area contributed by atoms with E-state index >= 15 is 0 Å². The van der Waals surface area contributed by atoms with Crippen molar-refractivity contribution in [3.63, 3.8) is 0 Å². The fourth-order valence-corrected chi connectivity index (χ4v) is 1.78. The van der Waals surface area contributed by atoms with E-state index in [1.165, 1.54) is 0 Å². The van der Waals surface area contributed by atoms with Crippen LogP contribution < -0.4 is 5.73 Å². The molecule has 0 unspecified atom stereocenters. The van der Waals surface area contributed by atoms with Crippen molar-refractivity contribution >= 4 is 5.97 Å². The van der Waals surface area contributed by atoms with Crippen molar-refractivity contribution in [1.82, 2.24) is 4.90 Å². The Bertz CT molecular complexity index is 230. The molecular weight excluding hydrogens is 228 g/mol. The maximum absolute atomic E-state index is 11.4. The second-order valence-electron chi connectivity index (χ2n) is 5.50. The first-order chi connectivity index (χ1) is 8.45. The van der Waals surface area contributed by atoms with Gasteiger partial charge in [0.25, 0.3) is 0 Å². The van der Waals surface area contributed by atoms with E-state index in [4.69, 9.17) is 10.5 Å². The zero-order chi connectivity index (χ0) is 14.0. The largest absolute Gasteiger partial charge is 0.465 e. The highest BCUT2D eigenvalue weighted by molar-refractivity contribution is 5.71. The number of hydrogen-bond acceptors (Lipinski definition) is 4. The molecule has 0 aliphatic carbocycles. The minimum absolute atomic E-state index is 0.123. The lowest BCUT2D eigenvalue weighted by Crippen LogP contribution is -2.32. The molecular formula is C14H30N2O2. The first-order valence-electron chi connectivity index (χ1n) is 7.03. The van der Waals surface area contributed by atoms with Gasteiger partial charge < -0.3 is 10.5 Å². The third kappa shape index (κ3) is 8.48. The molecule has 0 aliphatic heterocycles. The molecule has 0 rings (SSSR count). The monoisotopic (exact) mass is 258 g/mol. The van der Waals surface area contributed by atoms with Gasteiger partial charge in [-0.25, -0.2) is 0 Å². The molecule has 0 aromatic rings. The standard InChI is InChI=1S/C14H30N2O2/c1-5-16(11-13(17)18-6-2)10-8-7-9-14(3,4)12-15/h5-12,15H2,1-4H3. The Morgan fingerprint density at radius 2 is 1.94 bits per heavy atom. The molecule has 0 radical (unpaired) electrons. The third-order valence-electron chi connectivity index (χ3n) is 3.24. The third-order valence-corrected chi connectivity index (χ3v) is 3.24. The molecule has 108 valence electrons. The van der Waals surface area contributed by atoms with Crippen molar-refractivity contribution in [2.75, 3.05) is 32.8 Å². The summed E-state index contributed by atoms with van der Waals surface area (Å²) >= 11 is 0. The Labute approximate surface area is 112 Å². The Balaban J connectivity index is 3.77. The summed E-state index contributed by atoms with van der Waals surface area (Å²) < 4.78 is 4.96. The zero-order valence-corrected chi connectivity index (χ0v) is 12.5. The number of nitrogens with two attached hydrogens (primary N) is 1. The van der Waals surface area contributed by atoms with Gasteiger partial charge in [-0.2, -0.15) is 0 Å². The Morgan fingerprint density at radius 3 is 2.44 bits per heavy atom. The van der Waals surface area contributed by atoms with Gasteiger partial charge in [-0.15, -0.1) is 0 Å². The number of unbranched alkanes of at least 4 members (excludes halogenated alkanes) is 1. The van der Waals surface area contributed by atoms with Crippen LogP contribution in [-0.2, 0) is 9.53 Å². The topological polar surface area (TPSA) is 55.6 Å². The molecule has 0 saturated heterocycles. The highest BCUT2D eigenvalue weighted by Gasteiger charge is 2.15. The fourth-order valence-electron chi connectivity index (χ4n) is 1.78. The number of ether oxygens (including phenoxy) is 1. The van der Waals surface area contributed by atoms with Crippen LogP contribution in [0.3, 0.4) is 0 Å². The smallest absolute Gasteiger partial charge is 0.320 e. The lowest BCUT2D eigenvalue weighted by atomic mass is 9.87. The number of likely N-dealkylation sites (N-methyl/N-ethyl adjacent to an activating group) is 1. The minimum Gasteiger partial charge on any atom is -0.465 e. The van der Waals surface area contributed by atoms with Gasteiger partial charge in [0.15, 0.2) is 0 Å². The number of carbonyl (C=O) groups is 1. The number of carbonyl (C=O) groups excluding carboxylic acids is 1. The summed E-state index contributed by atoms with van der Waals surface area (Å²) in [5.41, 5.74) is 5.94. The van der Waals surface area contributed by atoms with Gasteiger partial charge >= 0.3 is 5.97 Å². The van der Waals surface area contributed by atoms with Gasteiger partial charge in [-0.05, 0) is 44.8 Å². The number of hydrogen-bond donors (Lipinski definition) is 1. The fraction of sp³-hybridized carbons (Fsp3) is 0.929. The average Bonchev–Trinajstić information content (AvgIpc) is 2.33. The summed E-state index contributed by atoms with van der Waals surface area (Å²) in [6.07, 6.45) is 3.40. The Hall–Kier alpha value is -0.610. The van der Waals surface area contributed by atoms with E-state index in [2.05, 4.69) is 25.7 Å². The Kier molecular flexibility index (Phi) is 9.02. The molecule has 0 atom stereocenters. The number of nitrogens with zero attached hydrogens (tertiary/aromatic N) is 1. The number of rotatable bonds is 10. The molecule has 0 bridgehead atoms. The van der Waals surface area contributed by atoms with Crippen molar-refractivity contribution in [1.29, 1.82) is 0 Å². The van der Waals surface area contributed by atoms with E-state index in [0.717, 1.165) is 38.9 Å². The molecule has 0 heterocycles. The van der Waals surface area contributed by atoms with Crippen molar-refractivity contribution in [3.8, 4) is 0 Å². The molecule has 0 aromatic heterocycles. The predicted molar refractivity (Wildman–Crippen MR) is 75.4 cm³/mol. The molecule has 0 amide bonds. The van der Waals surface area contributed by atoms with Crippen LogP contribution in [0.2, 0.25) is 0 Å². The van der Waals surface area contributed by atoms with Crippen molar-refractivity contribution < 1.29 is 9.53 Å². The van der Waals surface area contributed by atoms with Crippen LogP contribution in [0.1, 0.15) is 47.0 Å². The minimum atomic E-state index is -0.123. The molecule has 0 aromatic carbocycles. The second kappa shape index (κ2) is 9.34. The summed E-state index contributed by atoms with van der Waals surface area (Å²) in [6.45, 7) is 11.7. The van der Waals surface area contributed by atoms with E-state index in [9.17, 15) is 4.79 Å². The van der Waals surface area contributed by atoms with Crippen LogP contribution >= 0.6 is 0 Å². The quantitative estimate of drug-likeness (QED) is 0.481. The summed E-state index contributed by atoms with van der Waals surface area (Å²) in [5, 5.41) is 0. The van der Waals surface area contributed by atoms with E-state index in [-0.39, 0.29) is 11.4 Å². The number of esters is 1. The molecule has 4 heteroatoms. The van der Waals surface area contributed by atoms with E-state index < -0.39 is 0 Å². The van der Waals surface area contributed by atoms with Gasteiger partial charge in [0.1, 0.15) is 0 Å². The predicted octanol–water partition coefficient (Wildman–Crippen LogP) is 2.03. The maximum Gasteiger partial charge on any atom is 0.320 e. The zero-order valence-electron chi connectivity index (χ0n) is 12.5. The van der Waals surface area contributed by atoms with Crippen molar-refractivity contribution in [3.05, 3.63) is 0 Å². The first kappa shape index (κ1) is 17.4. The Morgan fingerprint density at radius 1 is 1.28 bits per heavy atom. The van der Waals surface area contributed by atoms with Crippen LogP contribution in [0, 0.1) is 5.41 Å². The highest BCUT2D eigenvalue weighted by Crippen LogP contribution is 2.21. The summed E-state index contributed by atoms with van der Waals surface area (Å²) in [5.74, 6) is -0.123. The molecule has 0 saturated carbocycles. The van der Waals surface area contributed by atoms with Crippen LogP contribution in [0.25, 0.3) is 0 Å². The average molecular weight is 258 g/mol. The molecule has 18 heavy (non-hydrogen) atoms. The van der Waals surface area contributed by atoms with E-state index in [0.29, 0.717) is 13.2 Å². The van der Waals surface area contributed by atoms with Crippen molar-refractivity contribution in [2.45, 2.75) is 47.0 Å². The van der Waals surface area contributed by atoms with Crippen LogP contribution in [0.5, 0.6) is 0 Å². The molecule has 0 spiro atoms. The van der Waals surface area contributed by atoms with Crippen LogP contribution in [0.4, 0.5) is 0 Å². The van der Waals surface area contributed by atoms with Gasteiger partial charge in [-0.1, -0.05) is 27.2 Å². The summed E-state index contributed by atoms with van der Waals surface area (Å²) in [6, 6.07) is 0. The lowest BCUT2D eigenvalue weighted by molar-refractivity contribution is -0.144. The van der Waals surface area contributed by atoms with Gasteiger partial charge in [0.05, 0.1) is 13.2 Å². The first-order valence-corrected chi connectivity index (χ1v) is 7.03. The highest BCUT2D eigenvalue weighted by atomic mass is 16.5. The van der Waals surface area contributed by atoms with Gasteiger partial charge in [0.2, 0.25) is 0 Å². The van der Waals surface area contributed by atoms with Crippen LogP contribution in [0.15, 0.2) is 0 Å². The van der Waals surface area contributed by atoms with Gasteiger partial charge in [0, 0.05) is 0 Å². The molecule has 2 N–H and O–H groups in total. The summed E-state index contributed by atoms with van der Waals surface area (Å²) in [7, 11) is 0. The van der Waals surface area contributed by atoms with E-state index in [1.807, 2.05) is 6.92 Å². The summed E-state index contributed by atoms with van der Waals surface area (Å²) in [4.78, 5) is 13.5. The molecule has 0 fully saturated rings. The lowest BCUT2D eigenvalue weighted by Gasteiger charge is -2.23. The second-order valence-corrected chi connectivity index (χ2v) is 5.50. The maximum atomic E-state index is 11.4. The van der Waals surface area contributed by atoms with Crippen molar-refractivity contribution in [2.24, 2.45) is 11.1 Å².